The molecule has 2 aromatic rings. The van der Waals surface area contributed by atoms with E-state index in [1.54, 1.807) is 0 Å². The molecule has 0 radical (unpaired) electrons. The van der Waals surface area contributed by atoms with Crippen molar-refractivity contribution in [3.05, 3.63) is 46.6 Å². The van der Waals surface area contributed by atoms with Crippen molar-refractivity contribution in [2.45, 2.75) is 6.92 Å². The molecule has 1 heterocycles. The van der Waals surface area contributed by atoms with Crippen molar-refractivity contribution in [3.8, 4) is 0 Å². The minimum Gasteiger partial charge on any atom is -0.327 e. The van der Waals surface area contributed by atoms with E-state index in [0.717, 1.165) is 22.0 Å². The Morgan fingerprint density at radius 3 is 3.00 bits per heavy atom. The van der Waals surface area contributed by atoms with E-state index in [-0.39, 0.29) is 0 Å². The van der Waals surface area contributed by atoms with Crippen molar-refractivity contribution in [2.24, 2.45) is 5.73 Å². The molecule has 0 saturated heterocycles. The molecule has 2 N–H and O–H groups in total. The second-order valence-corrected chi connectivity index (χ2v) is 4.01. The highest BCUT2D eigenvalue weighted by Crippen LogP contribution is 2.23. The van der Waals surface area contributed by atoms with Gasteiger partial charge in [0.1, 0.15) is 5.15 Å². The lowest BCUT2D eigenvalue weighted by molar-refractivity contribution is 1.26. The Labute approximate surface area is 99.7 Å². The van der Waals surface area contributed by atoms with Crippen LogP contribution in [0.15, 0.2) is 30.3 Å². The smallest absolute Gasteiger partial charge is 0.136 e. The van der Waals surface area contributed by atoms with Crippen LogP contribution in [0.2, 0.25) is 5.15 Å². The van der Waals surface area contributed by atoms with Crippen LogP contribution in [0.3, 0.4) is 0 Å². The van der Waals surface area contributed by atoms with Gasteiger partial charge >= 0.3 is 0 Å². The van der Waals surface area contributed by atoms with Crippen molar-refractivity contribution >= 4 is 28.6 Å². The van der Waals surface area contributed by atoms with Crippen LogP contribution in [-0.4, -0.2) is 11.5 Å². The molecule has 16 heavy (non-hydrogen) atoms. The Hall–Kier alpha value is -1.38. The predicted molar refractivity (Wildman–Crippen MR) is 69.6 cm³/mol. The van der Waals surface area contributed by atoms with Gasteiger partial charge in [-0.1, -0.05) is 42.0 Å². The van der Waals surface area contributed by atoms with Crippen LogP contribution in [-0.2, 0) is 0 Å². The summed E-state index contributed by atoms with van der Waals surface area (Å²) < 4.78 is 0. The van der Waals surface area contributed by atoms with Gasteiger partial charge in [0.05, 0.1) is 5.52 Å². The van der Waals surface area contributed by atoms with Gasteiger partial charge in [0.2, 0.25) is 0 Å². The first-order chi connectivity index (χ1) is 7.72. The highest BCUT2D eigenvalue weighted by atomic mass is 35.5. The van der Waals surface area contributed by atoms with Gasteiger partial charge < -0.3 is 5.73 Å². The zero-order valence-electron chi connectivity index (χ0n) is 9.07. The molecule has 3 heteroatoms. The van der Waals surface area contributed by atoms with Crippen molar-refractivity contribution in [2.75, 3.05) is 6.54 Å². The average Bonchev–Trinajstić information content (AvgIpc) is 2.28. The summed E-state index contributed by atoms with van der Waals surface area (Å²) in [5, 5.41) is 1.62. The zero-order valence-corrected chi connectivity index (χ0v) is 9.83. The number of fused-ring (bicyclic) bond motifs is 1. The summed E-state index contributed by atoms with van der Waals surface area (Å²) in [7, 11) is 0. The molecule has 0 aliphatic carbocycles. The topological polar surface area (TPSA) is 38.9 Å². The fourth-order valence-electron chi connectivity index (χ4n) is 1.65. The molecule has 0 unspecified atom stereocenters. The number of benzene rings is 1. The van der Waals surface area contributed by atoms with E-state index < -0.39 is 0 Å². The molecule has 2 nitrogen and oxygen atoms in total. The van der Waals surface area contributed by atoms with E-state index in [2.05, 4.69) is 4.98 Å². The standard InChI is InChI=1S/C13H13ClN2/c1-9-4-2-5-10-8-11(6-3-7-15)13(14)16-12(9)10/h2-6,8H,7,15H2,1H3. The van der Waals surface area contributed by atoms with Crippen LogP contribution in [0.25, 0.3) is 17.0 Å². The lowest BCUT2D eigenvalue weighted by Gasteiger charge is -2.04. The third-order valence-electron chi connectivity index (χ3n) is 2.46. The van der Waals surface area contributed by atoms with Crippen LogP contribution < -0.4 is 5.73 Å². The van der Waals surface area contributed by atoms with Gasteiger partial charge in [0, 0.05) is 17.5 Å². The maximum Gasteiger partial charge on any atom is 0.136 e. The molecule has 1 aromatic heterocycles. The molecule has 0 spiro atoms. The number of hydrogen-bond acceptors (Lipinski definition) is 2. The zero-order chi connectivity index (χ0) is 11.5. The molecule has 0 aliphatic heterocycles. The third-order valence-corrected chi connectivity index (χ3v) is 2.76. The first-order valence-corrected chi connectivity index (χ1v) is 5.52. The molecular weight excluding hydrogens is 220 g/mol. The van der Waals surface area contributed by atoms with Crippen molar-refractivity contribution in [1.82, 2.24) is 4.98 Å². The molecule has 2 rings (SSSR count). The normalized spacial score (nSPS) is 11.4. The van der Waals surface area contributed by atoms with Gasteiger partial charge in [-0.05, 0) is 18.6 Å². The van der Waals surface area contributed by atoms with Gasteiger partial charge in [-0.2, -0.15) is 0 Å². The summed E-state index contributed by atoms with van der Waals surface area (Å²) >= 11 is 6.11. The maximum atomic E-state index is 6.11. The largest absolute Gasteiger partial charge is 0.327 e. The van der Waals surface area contributed by atoms with E-state index in [1.165, 1.54) is 0 Å². The summed E-state index contributed by atoms with van der Waals surface area (Å²) in [6.07, 6.45) is 3.77. The number of rotatable bonds is 2. The van der Waals surface area contributed by atoms with Gasteiger partial charge in [0.25, 0.3) is 0 Å². The number of aryl methyl sites for hydroxylation is 1. The molecule has 0 aliphatic rings. The lowest BCUT2D eigenvalue weighted by Crippen LogP contribution is -1.93. The maximum absolute atomic E-state index is 6.11. The quantitative estimate of drug-likeness (QED) is 0.808. The minimum atomic E-state index is 0.502. The first kappa shape index (κ1) is 11.1. The van der Waals surface area contributed by atoms with Gasteiger partial charge in [0.15, 0.2) is 0 Å². The molecule has 0 fully saturated rings. The third kappa shape index (κ3) is 2.08. The van der Waals surface area contributed by atoms with Crippen molar-refractivity contribution in [3.63, 3.8) is 0 Å². The Kier molecular flexibility index (Phi) is 3.22. The average molecular weight is 233 g/mol. The molecule has 82 valence electrons. The lowest BCUT2D eigenvalue weighted by atomic mass is 10.1. The fraction of sp³-hybridized carbons (Fsp3) is 0.154. The van der Waals surface area contributed by atoms with Gasteiger partial charge in [-0.3, -0.25) is 0 Å². The monoisotopic (exact) mass is 232 g/mol. The molecule has 0 bridgehead atoms. The summed E-state index contributed by atoms with van der Waals surface area (Å²) in [6, 6.07) is 8.11. The molecular formula is C13H13ClN2. The second kappa shape index (κ2) is 4.64. The van der Waals surface area contributed by atoms with Gasteiger partial charge in [-0.15, -0.1) is 0 Å². The number of hydrogen-bond donors (Lipinski definition) is 1. The molecule has 1 aromatic carbocycles. The van der Waals surface area contributed by atoms with E-state index in [0.29, 0.717) is 11.7 Å². The highest BCUT2D eigenvalue weighted by Gasteiger charge is 2.03. The summed E-state index contributed by atoms with van der Waals surface area (Å²) in [5.41, 5.74) is 8.41. The number of nitrogens with two attached hydrogens (primary N) is 1. The number of pyridine rings is 1. The van der Waals surface area contributed by atoms with E-state index in [4.69, 9.17) is 17.3 Å². The van der Waals surface area contributed by atoms with E-state index in [9.17, 15) is 0 Å². The highest BCUT2D eigenvalue weighted by molar-refractivity contribution is 6.31. The van der Waals surface area contributed by atoms with Crippen LogP contribution in [0.4, 0.5) is 0 Å². The Morgan fingerprint density at radius 2 is 2.25 bits per heavy atom. The molecule has 0 saturated carbocycles. The Bertz CT molecular complexity index is 547. The number of nitrogens with zero attached hydrogens (tertiary/aromatic N) is 1. The fourth-order valence-corrected chi connectivity index (χ4v) is 1.85. The Balaban J connectivity index is 2.63. The van der Waals surface area contributed by atoms with Crippen LogP contribution in [0, 0.1) is 6.92 Å². The molecule has 0 atom stereocenters. The Morgan fingerprint density at radius 1 is 1.44 bits per heavy atom. The minimum absolute atomic E-state index is 0.502. The summed E-state index contributed by atoms with van der Waals surface area (Å²) in [4.78, 5) is 4.40. The van der Waals surface area contributed by atoms with Crippen molar-refractivity contribution < 1.29 is 0 Å². The van der Waals surface area contributed by atoms with Gasteiger partial charge in [-0.25, -0.2) is 4.98 Å². The SMILES string of the molecule is Cc1cccc2cc(C=CCN)c(Cl)nc12. The second-order valence-electron chi connectivity index (χ2n) is 3.65. The van der Waals surface area contributed by atoms with E-state index >= 15 is 0 Å². The predicted octanol–water partition coefficient (Wildman–Crippen LogP) is 3.17. The summed E-state index contributed by atoms with van der Waals surface area (Å²) in [5.74, 6) is 0. The number of aromatic nitrogens is 1. The number of para-hydroxylation sites is 1. The van der Waals surface area contributed by atoms with Crippen molar-refractivity contribution in [1.29, 1.82) is 0 Å². The summed E-state index contributed by atoms with van der Waals surface area (Å²) in [6.45, 7) is 2.53. The van der Waals surface area contributed by atoms with Crippen LogP contribution >= 0.6 is 11.6 Å². The molecule has 0 amide bonds. The van der Waals surface area contributed by atoms with E-state index in [1.807, 2.05) is 43.3 Å². The van der Waals surface area contributed by atoms with Crippen LogP contribution in [0.5, 0.6) is 0 Å². The number of halogens is 1. The first-order valence-electron chi connectivity index (χ1n) is 5.15. The van der Waals surface area contributed by atoms with Crippen LogP contribution in [0.1, 0.15) is 11.1 Å².